The fourth-order valence-electron chi connectivity index (χ4n) is 7.00. The molecular formula is C42H41N3O5. The van der Waals surface area contributed by atoms with Gasteiger partial charge in [0.05, 0.1) is 20.3 Å². The summed E-state index contributed by atoms with van der Waals surface area (Å²) in [7, 11) is 1.68. The Hall–Kier alpha value is -5.44. The van der Waals surface area contributed by atoms with Crippen molar-refractivity contribution >= 4 is 16.9 Å². The number of carbonyl (C=O) groups is 1. The minimum Gasteiger partial charge on any atom is -0.497 e. The molecule has 1 saturated heterocycles. The number of hydrogen-bond donors (Lipinski definition) is 1. The molecule has 1 aliphatic heterocycles. The largest absolute Gasteiger partial charge is 0.497 e. The van der Waals surface area contributed by atoms with E-state index in [0.29, 0.717) is 38.4 Å². The Morgan fingerprint density at radius 1 is 0.840 bits per heavy atom. The second kappa shape index (κ2) is 15.4. The van der Waals surface area contributed by atoms with Crippen molar-refractivity contribution in [3.63, 3.8) is 0 Å². The van der Waals surface area contributed by atoms with E-state index in [0.717, 1.165) is 27.8 Å². The molecule has 8 nitrogen and oxygen atoms in total. The van der Waals surface area contributed by atoms with Crippen LogP contribution in [0, 0.1) is 0 Å². The number of nitrogens with zero attached hydrogens (tertiary/aromatic N) is 2. The molecule has 0 atom stereocenters. The third kappa shape index (κ3) is 6.85. The predicted octanol–water partition coefficient (Wildman–Crippen LogP) is 8.05. The lowest BCUT2D eigenvalue weighted by atomic mass is 9.76. The number of aromatic nitrogens is 2. The maximum atomic E-state index is 12.9. The Morgan fingerprint density at radius 3 is 2.10 bits per heavy atom. The third-order valence-corrected chi connectivity index (χ3v) is 9.40. The van der Waals surface area contributed by atoms with Crippen LogP contribution in [0.1, 0.15) is 46.8 Å². The number of amides is 1. The molecule has 0 saturated carbocycles. The van der Waals surface area contributed by atoms with Crippen LogP contribution < -0.4 is 10.1 Å². The van der Waals surface area contributed by atoms with Crippen molar-refractivity contribution in [2.45, 2.75) is 37.2 Å². The fraction of sp³-hybridized carbons (Fsp3) is 0.238. The highest BCUT2D eigenvalue weighted by Gasteiger charge is 2.39. The molecule has 1 aliphatic rings. The second-order valence-electron chi connectivity index (χ2n) is 12.4. The molecule has 1 amide bonds. The van der Waals surface area contributed by atoms with Crippen LogP contribution in [0.4, 0.5) is 4.79 Å². The lowest BCUT2D eigenvalue weighted by molar-refractivity contribution is -0.189. The number of imidazole rings is 1. The van der Waals surface area contributed by atoms with Crippen molar-refractivity contribution in [2.24, 2.45) is 0 Å². The first kappa shape index (κ1) is 33.1. The molecule has 1 N–H and O–H groups in total. The summed E-state index contributed by atoms with van der Waals surface area (Å²) in [5.74, 6) is 1.61. The molecule has 0 aliphatic carbocycles. The SMILES string of the molecule is COc1ccc2c(cccc2[C@H]2CO[C@H](CCCNC(=O)OCc3nccn3C(c3ccccc3)(c3ccccc3)c3ccccc3)OC2)c1. The van der Waals surface area contributed by atoms with Crippen molar-refractivity contribution in [1.82, 2.24) is 14.9 Å². The van der Waals surface area contributed by atoms with Crippen molar-refractivity contribution in [3.05, 3.63) is 168 Å². The number of methoxy groups -OCH3 is 1. The minimum absolute atomic E-state index is 0.00424. The van der Waals surface area contributed by atoms with E-state index in [1.54, 1.807) is 13.3 Å². The summed E-state index contributed by atoms with van der Waals surface area (Å²) in [5.41, 5.74) is 3.67. The molecule has 2 heterocycles. The topological polar surface area (TPSA) is 83.8 Å². The van der Waals surface area contributed by atoms with Crippen LogP contribution >= 0.6 is 0 Å². The first-order valence-electron chi connectivity index (χ1n) is 17.1. The van der Waals surface area contributed by atoms with Crippen molar-refractivity contribution in [2.75, 3.05) is 26.9 Å². The molecule has 5 aromatic carbocycles. The van der Waals surface area contributed by atoms with Crippen LogP contribution in [0.3, 0.4) is 0 Å². The van der Waals surface area contributed by atoms with Crippen LogP contribution in [-0.4, -0.2) is 48.8 Å². The quantitative estimate of drug-likeness (QED) is 0.105. The zero-order chi connectivity index (χ0) is 34.2. The monoisotopic (exact) mass is 667 g/mol. The van der Waals surface area contributed by atoms with Crippen LogP contribution in [0.15, 0.2) is 140 Å². The maximum absolute atomic E-state index is 12.9. The van der Waals surface area contributed by atoms with Gasteiger partial charge >= 0.3 is 6.09 Å². The molecule has 50 heavy (non-hydrogen) atoms. The zero-order valence-corrected chi connectivity index (χ0v) is 28.1. The Balaban J connectivity index is 0.956. The van der Waals surface area contributed by atoms with E-state index in [-0.39, 0.29) is 18.8 Å². The van der Waals surface area contributed by atoms with Gasteiger partial charge in [-0.15, -0.1) is 0 Å². The van der Waals surface area contributed by atoms with Gasteiger partial charge in [0, 0.05) is 31.3 Å². The Morgan fingerprint density at radius 2 is 1.48 bits per heavy atom. The standard InChI is InChI=1S/C42H41N3O5/c1-47-36-22-23-38-31(27-36)13-11-20-37(38)32-28-48-40(49-29-32)21-12-24-44-41(46)50-30-39-43-25-26-45(39)42(33-14-5-2-6-15-33,34-16-7-3-8-17-34)35-18-9-4-10-19-35/h2-11,13-20,22-23,25-27,32,40H,12,21,24,28-30H2,1H3,(H,44,46)/t32-,40-. The van der Waals surface area contributed by atoms with Crippen LogP contribution in [0.2, 0.25) is 0 Å². The number of hydrogen-bond acceptors (Lipinski definition) is 6. The average molecular weight is 668 g/mol. The summed E-state index contributed by atoms with van der Waals surface area (Å²) in [5, 5.41) is 5.20. The molecule has 1 fully saturated rings. The number of benzene rings is 5. The van der Waals surface area contributed by atoms with Crippen LogP contribution in [0.5, 0.6) is 5.75 Å². The molecule has 6 aromatic rings. The smallest absolute Gasteiger partial charge is 0.407 e. The average Bonchev–Trinajstić information content (AvgIpc) is 3.66. The molecule has 8 heteroatoms. The van der Waals surface area contributed by atoms with Gasteiger partial charge in [0.15, 0.2) is 12.9 Å². The van der Waals surface area contributed by atoms with E-state index in [4.69, 9.17) is 18.9 Å². The van der Waals surface area contributed by atoms with Gasteiger partial charge in [0.1, 0.15) is 17.1 Å². The van der Waals surface area contributed by atoms with E-state index < -0.39 is 11.6 Å². The summed E-state index contributed by atoms with van der Waals surface area (Å²) >= 11 is 0. The van der Waals surface area contributed by atoms with Crippen molar-refractivity contribution < 1.29 is 23.7 Å². The molecular weight excluding hydrogens is 626 g/mol. The van der Waals surface area contributed by atoms with E-state index in [9.17, 15) is 4.79 Å². The molecule has 0 radical (unpaired) electrons. The van der Waals surface area contributed by atoms with Gasteiger partial charge in [-0.1, -0.05) is 115 Å². The van der Waals surface area contributed by atoms with Gasteiger partial charge in [-0.2, -0.15) is 0 Å². The number of ether oxygens (including phenoxy) is 4. The second-order valence-corrected chi connectivity index (χ2v) is 12.4. The molecule has 0 spiro atoms. The Bertz CT molecular complexity index is 1890. The summed E-state index contributed by atoms with van der Waals surface area (Å²) in [6.45, 7) is 1.60. The lowest BCUT2D eigenvalue weighted by Crippen LogP contribution is -2.39. The van der Waals surface area contributed by atoms with Gasteiger partial charge in [-0.05, 0) is 51.6 Å². The van der Waals surface area contributed by atoms with Gasteiger partial charge in [-0.3, -0.25) is 0 Å². The van der Waals surface area contributed by atoms with Gasteiger partial charge < -0.3 is 28.8 Å². The Labute approximate surface area is 292 Å². The van der Waals surface area contributed by atoms with E-state index in [1.807, 2.05) is 72.9 Å². The summed E-state index contributed by atoms with van der Waals surface area (Å²) < 4.78 is 25.4. The van der Waals surface area contributed by atoms with Crippen LogP contribution in [0.25, 0.3) is 10.8 Å². The van der Waals surface area contributed by atoms with Crippen molar-refractivity contribution in [1.29, 1.82) is 0 Å². The van der Waals surface area contributed by atoms with Gasteiger partial charge in [0.2, 0.25) is 0 Å². The third-order valence-electron chi connectivity index (χ3n) is 9.40. The number of alkyl carbamates (subject to hydrolysis) is 1. The molecule has 1 aromatic heterocycles. The number of nitrogens with one attached hydrogen (secondary N) is 1. The molecule has 254 valence electrons. The normalized spacial score (nSPS) is 16.2. The van der Waals surface area contributed by atoms with Crippen molar-refractivity contribution in [3.8, 4) is 5.75 Å². The van der Waals surface area contributed by atoms with E-state index >= 15 is 0 Å². The zero-order valence-electron chi connectivity index (χ0n) is 28.1. The molecule has 0 unspecified atom stereocenters. The summed E-state index contributed by atoms with van der Waals surface area (Å²) in [6, 6.07) is 43.5. The number of carbonyl (C=O) groups excluding carboxylic acids is 1. The molecule has 0 bridgehead atoms. The Kier molecular flexibility index (Phi) is 10.2. The highest BCUT2D eigenvalue weighted by molar-refractivity contribution is 5.87. The van der Waals surface area contributed by atoms with E-state index in [2.05, 4.69) is 75.5 Å². The first-order chi connectivity index (χ1) is 24.7. The number of rotatable bonds is 12. The lowest BCUT2D eigenvalue weighted by Gasteiger charge is -2.38. The highest BCUT2D eigenvalue weighted by atomic mass is 16.7. The highest BCUT2D eigenvalue weighted by Crippen LogP contribution is 2.41. The molecule has 7 rings (SSSR count). The van der Waals surface area contributed by atoms with E-state index in [1.165, 1.54) is 10.9 Å². The number of fused-ring (bicyclic) bond motifs is 1. The fourth-order valence-corrected chi connectivity index (χ4v) is 7.00. The maximum Gasteiger partial charge on any atom is 0.407 e. The summed E-state index contributed by atoms with van der Waals surface area (Å²) in [6.07, 6.45) is 4.25. The van der Waals surface area contributed by atoms with Crippen LogP contribution in [-0.2, 0) is 26.4 Å². The minimum atomic E-state index is -0.740. The van der Waals surface area contributed by atoms with Gasteiger partial charge in [-0.25, -0.2) is 9.78 Å². The predicted molar refractivity (Wildman–Crippen MR) is 193 cm³/mol. The van der Waals surface area contributed by atoms with Gasteiger partial charge in [0.25, 0.3) is 0 Å². The first-order valence-corrected chi connectivity index (χ1v) is 17.1. The summed E-state index contributed by atoms with van der Waals surface area (Å²) in [4.78, 5) is 17.5.